The van der Waals surface area contributed by atoms with E-state index in [4.69, 9.17) is 0 Å². The van der Waals surface area contributed by atoms with Gasteiger partial charge in [0.15, 0.2) is 0 Å². The third-order valence-corrected chi connectivity index (χ3v) is 4.39. The van der Waals surface area contributed by atoms with Crippen molar-refractivity contribution >= 4 is 21.6 Å². The molecule has 1 fully saturated rings. The monoisotopic (exact) mass is 317 g/mol. The summed E-state index contributed by atoms with van der Waals surface area (Å²) in [6.07, 6.45) is 5.70. The van der Waals surface area contributed by atoms with Crippen molar-refractivity contribution in [3.63, 3.8) is 0 Å². The predicted octanol–water partition coefficient (Wildman–Crippen LogP) is 5.11. The first-order chi connectivity index (χ1) is 8.61. The first-order valence-corrected chi connectivity index (χ1v) is 7.32. The Morgan fingerprint density at radius 3 is 2.67 bits per heavy atom. The van der Waals surface area contributed by atoms with Crippen LogP contribution < -0.4 is 5.32 Å². The van der Waals surface area contributed by atoms with Crippen LogP contribution in [-0.2, 0) is 0 Å². The van der Waals surface area contributed by atoms with Gasteiger partial charge in [0, 0.05) is 12.1 Å². The molecule has 2 rings (SSSR count). The Morgan fingerprint density at radius 2 is 1.94 bits per heavy atom. The van der Waals surface area contributed by atoms with Crippen molar-refractivity contribution in [3.8, 4) is 0 Å². The molecule has 18 heavy (non-hydrogen) atoms. The van der Waals surface area contributed by atoms with Crippen LogP contribution >= 0.6 is 15.9 Å². The summed E-state index contributed by atoms with van der Waals surface area (Å²) in [6.45, 7) is 2.16. The molecule has 1 aromatic carbocycles. The largest absolute Gasteiger partial charge is 0.380 e. The van der Waals surface area contributed by atoms with E-state index in [2.05, 4.69) is 28.2 Å². The number of nitrogens with one attached hydrogen (secondary N) is 1. The summed E-state index contributed by atoms with van der Waals surface area (Å²) in [5, 5.41) is 3.18. The highest BCUT2D eigenvalue weighted by molar-refractivity contribution is 9.10. The molecule has 100 valence electrons. The highest BCUT2D eigenvalue weighted by Gasteiger charge is 2.24. The maximum Gasteiger partial charge on any atom is 0.147 e. The second-order valence-corrected chi connectivity index (χ2v) is 5.80. The van der Waals surface area contributed by atoms with Gasteiger partial charge in [0.1, 0.15) is 11.6 Å². The Kier molecular flexibility index (Phi) is 4.60. The lowest BCUT2D eigenvalue weighted by Gasteiger charge is -2.32. The Bertz CT molecular complexity index is 423. The molecule has 1 nitrogen and oxygen atoms in total. The number of benzene rings is 1. The standard InChI is InChI=1S/C14H18BrF2N/c1-2-9-5-3-4-6-13(9)18-14-8-11(16)10(15)7-12(14)17/h7-9,13,18H,2-6H2,1H3. The predicted molar refractivity (Wildman–Crippen MR) is 73.7 cm³/mol. The molecule has 0 saturated heterocycles. The fraction of sp³-hybridized carbons (Fsp3) is 0.571. The topological polar surface area (TPSA) is 12.0 Å². The lowest BCUT2D eigenvalue weighted by molar-refractivity contribution is 0.316. The molecule has 0 amide bonds. The molecule has 0 heterocycles. The third-order valence-electron chi connectivity index (χ3n) is 3.78. The average molecular weight is 318 g/mol. The van der Waals surface area contributed by atoms with Crippen LogP contribution in [0.2, 0.25) is 0 Å². The average Bonchev–Trinajstić information content (AvgIpc) is 2.36. The maximum absolute atomic E-state index is 13.8. The first kappa shape index (κ1) is 13.8. The fourth-order valence-electron chi connectivity index (χ4n) is 2.72. The number of halogens is 3. The van der Waals surface area contributed by atoms with Crippen molar-refractivity contribution in [2.75, 3.05) is 5.32 Å². The maximum atomic E-state index is 13.8. The van der Waals surface area contributed by atoms with Gasteiger partial charge in [-0.1, -0.05) is 26.2 Å². The number of rotatable bonds is 3. The Morgan fingerprint density at radius 1 is 1.22 bits per heavy atom. The molecule has 0 radical (unpaired) electrons. The summed E-state index contributed by atoms with van der Waals surface area (Å²) < 4.78 is 27.4. The molecule has 1 aliphatic rings. The van der Waals surface area contributed by atoms with Crippen LogP contribution in [0.4, 0.5) is 14.5 Å². The Hall–Kier alpha value is -0.640. The van der Waals surface area contributed by atoms with E-state index in [1.807, 2.05) is 0 Å². The minimum absolute atomic E-state index is 0.168. The van der Waals surface area contributed by atoms with Crippen LogP contribution in [0.15, 0.2) is 16.6 Å². The van der Waals surface area contributed by atoms with Crippen LogP contribution in [-0.4, -0.2) is 6.04 Å². The minimum Gasteiger partial charge on any atom is -0.380 e. The van der Waals surface area contributed by atoms with Gasteiger partial charge in [-0.3, -0.25) is 0 Å². The van der Waals surface area contributed by atoms with Crippen molar-refractivity contribution in [2.45, 2.75) is 45.1 Å². The molecular weight excluding hydrogens is 300 g/mol. The molecule has 2 unspecified atom stereocenters. The van der Waals surface area contributed by atoms with E-state index in [1.165, 1.54) is 25.0 Å². The molecule has 0 bridgehead atoms. The van der Waals surface area contributed by atoms with E-state index in [9.17, 15) is 8.78 Å². The van der Waals surface area contributed by atoms with Crippen LogP contribution in [0.25, 0.3) is 0 Å². The van der Waals surface area contributed by atoms with E-state index >= 15 is 0 Å². The third kappa shape index (κ3) is 3.02. The summed E-state index contributed by atoms with van der Waals surface area (Å²) in [4.78, 5) is 0. The van der Waals surface area contributed by atoms with Gasteiger partial charge in [-0.05, 0) is 40.8 Å². The molecule has 0 aromatic heterocycles. The summed E-state index contributed by atoms with van der Waals surface area (Å²) in [6, 6.07) is 2.68. The second-order valence-electron chi connectivity index (χ2n) is 4.95. The van der Waals surface area contributed by atoms with Crippen LogP contribution in [0.1, 0.15) is 39.0 Å². The fourth-order valence-corrected chi connectivity index (χ4v) is 3.03. The Balaban J connectivity index is 2.15. The van der Waals surface area contributed by atoms with Crippen molar-refractivity contribution in [1.82, 2.24) is 0 Å². The SMILES string of the molecule is CCC1CCCCC1Nc1cc(F)c(Br)cc1F. The molecule has 1 N–H and O–H groups in total. The number of hydrogen-bond acceptors (Lipinski definition) is 1. The van der Waals surface area contributed by atoms with E-state index in [-0.39, 0.29) is 16.2 Å². The summed E-state index contributed by atoms with van der Waals surface area (Å²) >= 11 is 2.99. The van der Waals surface area contributed by atoms with Gasteiger partial charge >= 0.3 is 0 Å². The molecule has 4 heteroatoms. The normalized spacial score (nSPS) is 24.0. The smallest absolute Gasteiger partial charge is 0.147 e. The van der Waals surface area contributed by atoms with E-state index in [0.29, 0.717) is 5.92 Å². The molecule has 1 aliphatic carbocycles. The molecule has 1 saturated carbocycles. The minimum atomic E-state index is -0.428. The van der Waals surface area contributed by atoms with Gasteiger partial charge in [-0.15, -0.1) is 0 Å². The first-order valence-electron chi connectivity index (χ1n) is 6.53. The molecule has 2 atom stereocenters. The van der Waals surface area contributed by atoms with Crippen molar-refractivity contribution in [3.05, 3.63) is 28.2 Å². The number of anilines is 1. The summed E-state index contributed by atoms with van der Waals surface area (Å²) in [7, 11) is 0. The highest BCUT2D eigenvalue weighted by atomic mass is 79.9. The van der Waals surface area contributed by atoms with Gasteiger partial charge in [0.2, 0.25) is 0 Å². The van der Waals surface area contributed by atoms with E-state index < -0.39 is 11.6 Å². The van der Waals surface area contributed by atoms with Crippen molar-refractivity contribution in [2.24, 2.45) is 5.92 Å². The van der Waals surface area contributed by atoms with Crippen molar-refractivity contribution < 1.29 is 8.78 Å². The van der Waals surface area contributed by atoms with Gasteiger partial charge in [0.25, 0.3) is 0 Å². The zero-order chi connectivity index (χ0) is 13.1. The lowest BCUT2D eigenvalue weighted by atomic mass is 9.83. The van der Waals surface area contributed by atoms with E-state index in [1.54, 1.807) is 0 Å². The molecule has 0 aliphatic heterocycles. The van der Waals surface area contributed by atoms with Gasteiger partial charge in [0.05, 0.1) is 10.2 Å². The molecule has 0 spiro atoms. The van der Waals surface area contributed by atoms with Gasteiger partial charge in [-0.2, -0.15) is 0 Å². The second kappa shape index (κ2) is 6.00. The van der Waals surface area contributed by atoms with Crippen LogP contribution in [0, 0.1) is 17.6 Å². The van der Waals surface area contributed by atoms with E-state index in [0.717, 1.165) is 19.3 Å². The molecular formula is C14H18BrF2N. The Labute approximate surface area is 115 Å². The van der Waals surface area contributed by atoms with Gasteiger partial charge in [-0.25, -0.2) is 8.78 Å². The molecule has 1 aromatic rings. The van der Waals surface area contributed by atoms with Crippen LogP contribution in [0.5, 0.6) is 0 Å². The summed E-state index contributed by atoms with van der Waals surface area (Å²) in [5.74, 6) is -0.267. The van der Waals surface area contributed by atoms with Gasteiger partial charge < -0.3 is 5.32 Å². The lowest BCUT2D eigenvalue weighted by Crippen LogP contribution is -2.32. The number of hydrogen-bond donors (Lipinski definition) is 1. The van der Waals surface area contributed by atoms with Crippen molar-refractivity contribution in [1.29, 1.82) is 0 Å². The summed E-state index contributed by atoms with van der Waals surface area (Å²) in [5.41, 5.74) is 0.279. The highest BCUT2D eigenvalue weighted by Crippen LogP contribution is 2.31. The quantitative estimate of drug-likeness (QED) is 0.764. The van der Waals surface area contributed by atoms with Crippen LogP contribution in [0.3, 0.4) is 0 Å². The zero-order valence-electron chi connectivity index (χ0n) is 10.5. The zero-order valence-corrected chi connectivity index (χ0v) is 12.1.